The van der Waals surface area contributed by atoms with Crippen LogP contribution in [0, 0.1) is 29.2 Å². The first kappa shape index (κ1) is 25.2. The summed E-state index contributed by atoms with van der Waals surface area (Å²) in [5.74, 6) is -7.40. The Morgan fingerprint density at radius 1 is 0.848 bits per heavy atom. The Morgan fingerprint density at radius 3 is 1.97 bits per heavy atom. The first-order chi connectivity index (χ1) is 15.3. The van der Waals surface area contributed by atoms with E-state index in [1.54, 1.807) is 0 Å². The average molecular weight is 484 g/mol. The van der Waals surface area contributed by atoms with Crippen LogP contribution < -0.4 is 4.74 Å². The molecular weight excluding hydrogens is 463 g/mol. The van der Waals surface area contributed by atoms with Gasteiger partial charge in [0, 0.05) is 12.1 Å². The van der Waals surface area contributed by atoms with Crippen molar-refractivity contribution in [2.75, 3.05) is 0 Å². The van der Waals surface area contributed by atoms with E-state index in [4.69, 9.17) is 0 Å². The maximum Gasteiger partial charge on any atom is 0.422 e. The minimum absolute atomic E-state index is 0.0140. The van der Waals surface area contributed by atoms with Crippen molar-refractivity contribution in [3.8, 4) is 5.75 Å². The minimum Gasteiger partial charge on any atom is -0.432 e. The predicted molar refractivity (Wildman–Crippen MR) is 102 cm³/mol. The largest absolute Gasteiger partial charge is 0.432 e. The van der Waals surface area contributed by atoms with Crippen molar-refractivity contribution in [1.29, 1.82) is 0 Å². The second kappa shape index (κ2) is 9.46. The summed E-state index contributed by atoms with van der Waals surface area (Å²) < 4.78 is 126. The summed E-state index contributed by atoms with van der Waals surface area (Å²) >= 11 is 0. The van der Waals surface area contributed by atoms with Crippen molar-refractivity contribution < 1.29 is 44.3 Å². The van der Waals surface area contributed by atoms with E-state index in [1.807, 2.05) is 0 Å². The number of alkyl halides is 5. The minimum atomic E-state index is -5.36. The van der Waals surface area contributed by atoms with Crippen LogP contribution in [0.2, 0.25) is 0 Å². The maximum absolute atomic E-state index is 14.6. The second-order valence-electron chi connectivity index (χ2n) is 8.40. The highest BCUT2D eigenvalue weighted by Gasteiger charge is 2.39. The molecular formula is C23H21F9O. The van der Waals surface area contributed by atoms with Crippen molar-refractivity contribution >= 4 is 0 Å². The summed E-state index contributed by atoms with van der Waals surface area (Å²) in [6.07, 6.45) is -8.20. The van der Waals surface area contributed by atoms with E-state index in [1.165, 1.54) is 12.1 Å². The van der Waals surface area contributed by atoms with Crippen LogP contribution in [0.3, 0.4) is 0 Å². The van der Waals surface area contributed by atoms with E-state index in [0.717, 1.165) is 12.8 Å². The van der Waals surface area contributed by atoms with E-state index < -0.39 is 59.7 Å². The van der Waals surface area contributed by atoms with Crippen LogP contribution in [0.4, 0.5) is 39.5 Å². The highest BCUT2D eigenvalue weighted by atomic mass is 19.4. The summed E-state index contributed by atoms with van der Waals surface area (Å²) in [6.45, 7) is 2.08. The third-order valence-corrected chi connectivity index (χ3v) is 5.90. The number of hydrogen-bond acceptors (Lipinski definition) is 1. The van der Waals surface area contributed by atoms with E-state index >= 15 is 0 Å². The van der Waals surface area contributed by atoms with Gasteiger partial charge in [-0.05, 0) is 42.2 Å². The van der Waals surface area contributed by atoms with Crippen molar-refractivity contribution in [2.45, 2.75) is 63.7 Å². The van der Waals surface area contributed by atoms with Gasteiger partial charge in [-0.3, -0.25) is 0 Å². The van der Waals surface area contributed by atoms with Crippen molar-refractivity contribution in [1.82, 2.24) is 0 Å². The summed E-state index contributed by atoms with van der Waals surface area (Å²) in [7, 11) is 0. The van der Waals surface area contributed by atoms with Gasteiger partial charge in [-0.15, -0.1) is 0 Å². The molecule has 1 saturated carbocycles. The lowest BCUT2D eigenvalue weighted by Gasteiger charge is -2.27. The van der Waals surface area contributed by atoms with Crippen molar-refractivity contribution in [3.63, 3.8) is 0 Å². The van der Waals surface area contributed by atoms with Gasteiger partial charge in [0.15, 0.2) is 11.6 Å². The molecule has 1 aliphatic carbocycles. The van der Waals surface area contributed by atoms with Crippen LogP contribution >= 0.6 is 0 Å². The Labute approximate surface area is 184 Å². The Hall–Kier alpha value is -2.39. The molecule has 0 heterocycles. The van der Waals surface area contributed by atoms with Gasteiger partial charge in [0.2, 0.25) is 0 Å². The Bertz CT molecular complexity index is 969. The monoisotopic (exact) mass is 484 g/mol. The van der Waals surface area contributed by atoms with Crippen LogP contribution in [-0.2, 0) is 12.6 Å². The van der Waals surface area contributed by atoms with E-state index in [9.17, 15) is 39.5 Å². The second-order valence-corrected chi connectivity index (χ2v) is 8.40. The lowest BCUT2D eigenvalue weighted by Crippen LogP contribution is -2.26. The molecule has 0 aromatic heterocycles. The van der Waals surface area contributed by atoms with Gasteiger partial charge in [0.05, 0.1) is 6.42 Å². The molecule has 0 amide bonds. The van der Waals surface area contributed by atoms with Crippen LogP contribution in [0.1, 0.15) is 61.6 Å². The number of ether oxygens (including phenoxy) is 1. The SMILES string of the molecule is CC1CCC(c2ccc(CCC(F)(F)Oc3cc(F)c(C(F)(F)F)c(F)c3)c(F)c2F)CC1. The molecule has 1 nitrogen and oxygen atoms in total. The summed E-state index contributed by atoms with van der Waals surface area (Å²) in [5.41, 5.74) is -2.38. The molecule has 2 aromatic rings. The van der Waals surface area contributed by atoms with Gasteiger partial charge >= 0.3 is 12.3 Å². The third-order valence-electron chi connectivity index (χ3n) is 5.90. The lowest BCUT2D eigenvalue weighted by molar-refractivity contribution is -0.180. The van der Waals surface area contributed by atoms with Gasteiger partial charge in [0.25, 0.3) is 0 Å². The topological polar surface area (TPSA) is 9.23 Å². The van der Waals surface area contributed by atoms with Crippen LogP contribution in [0.15, 0.2) is 24.3 Å². The molecule has 1 aliphatic rings. The molecule has 182 valence electrons. The molecule has 0 aliphatic heterocycles. The summed E-state index contributed by atoms with van der Waals surface area (Å²) in [4.78, 5) is 0. The van der Waals surface area contributed by atoms with Crippen molar-refractivity contribution in [2.24, 2.45) is 5.92 Å². The third kappa shape index (κ3) is 5.95. The van der Waals surface area contributed by atoms with Gasteiger partial charge in [0.1, 0.15) is 22.9 Å². The summed E-state index contributed by atoms with van der Waals surface area (Å²) in [6, 6.07) is 2.55. The van der Waals surface area contributed by atoms with E-state index in [2.05, 4.69) is 11.7 Å². The van der Waals surface area contributed by atoms with Crippen LogP contribution in [0.5, 0.6) is 5.75 Å². The lowest BCUT2D eigenvalue weighted by atomic mass is 9.79. The molecule has 0 unspecified atom stereocenters. The molecule has 0 saturated heterocycles. The Morgan fingerprint density at radius 2 is 1.42 bits per heavy atom. The Kier molecular flexibility index (Phi) is 7.24. The van der Waals surface area contributed by atoms with Gasteiger partial charge in [-0.25, -0.2) is 17.6 Å². The quantitative estimate of drug-likeness (QED) is 0.376. The molecule has 0 N–H and O–H groups in total. The zero-order valence-electron chi connectivity index (χ0n) is 17.5. The summed E-state index contributed by atoms with van der Waals surface area (Å²) in [5, 5.41) is 0. The number of halogens is 9. The van der Waals surface area contributed by atoms with Crippen LogP contribution in [-0.4, -0.2) is 6.11 Å². The fourth-order valence-electron chi connectivity index (χ4n) is 4.07. The molecule has 1 fully saturated rings. The van der Waals surface area contributed by atoms with Crippen LogP contribution in [0.25, 0.3) is 0 Å². The number of rotatable bonds is 6. The first-order valence-electron chi connectivity index (χ1n) is 10.4. The van der Waals surface area contributed by atoms with Gasteiger partial charge in [-0.1, -0.05) is 31.9 Å². The number of aryl methyl sites for hydroxylation is 1. The highest BCUT2D eigenvalue weighted by Crippen LogP contribution is 2.39. The van der Waals surface area contributed by atoms with E-state index in [0.29, 0.717) is 18.8 Å². The number of hydrogen-bond donors (Lipinski definition) is 0. The molecule has 2 aromatic carbocycles. The molecule has 0 spiro atoms. The first-order valence-corrected chi connectivity index (χ1v) is 10.4. The standard InChI is InChI=1S/C23H21F9O/c1-12-2-4-13(5-3-12)16-7-6-14(20(26)21(16)27)8-9-22(28,29)33-15-10-17(24)19(18(25)11-15)23(30,31)32/h6-7,10-13H,2-5,8-9H2,1H3. The zero-order chi connectivity index (χ0) is 24.6. The molecule has 3 rings (SSSR count). The molecule has 0 bridgehead atoms. The van der Waals surface area contributed by atoms with Gasteiger partial charge < -0.3 is 4.74 Å². The normalized spacial score (nSPS) is 19.6. The van der Waals surface area contributed by atoms with E-state index in [-0.39, 0.29) is 29.2 Å². The Balaban J connectivity index is 1.70. The fraction of sp³-hybridized carbons (Fsp3) is 0.478. The highest BCUT2D eigenvalue weighted by molar-refractivity contribution is 5.33. The number of benzene rings is 2. The smallest absolute Gasteiger partial charge is 0.422 e. The van der Waals surface area contributed by atoms with Crippen molar-refractivity contribution in [3.05, 3.63) is 64.2 Å². The molecule has 0 radical (unpaired) electrons. The molecule has 0 atom stereocenters. The maximum atomic E-state index is 14.6. The zero-order valence-corrected chi connectivity index (χ0v) is 17.5. The molecule has 10 heteroatoms. The fourth-order valence-corrected chi connectivity index (χ4v) is 4.07. The average Bonchev–Trinajstić information content (AvgIpc) is 2.68. The molecule has 33 heavy (non-hydrogen) atoms. The van der Waals surface area contributed by atoms with Gasteiger partial charge in [-0.2, -0.15) is 22.0 Å². The predicted octanol–water partition coefficient (Wildman–Crippen LogP) is 8.16.